The first-order valence-electron chi connectivity index (χ1n) is 7.23. The zero-order chi connectivity index (χ0) is 15.8. The topological polar surface area (TPSA) is 57.5 Å². The van der Waals surface area contributed by atoms with Crippen molar-refractivity contribution >= 4 is 23.7 Å². The molecular formula is C17H14N4O2. The Labute approximate surface area is 133 Å². The number of para-hydroxylation sites is 1. The molecule has 0 aromatic heterocycles. The molecule has 6 heteroatoms. The zero-order valence-electron chi connectivity index (χ0n) is 12.5. The van der Waals surface area contributed by atoms with E-state index in [0.717, 1.165) is 16.8 Å². The zero-order valence-corrected chi connectivity index (χ0v) is 12.5. The molecule has 1 unspecified atom stereocenters. The van der Waals surface area contributed by atoms with Crippen LogP contribution in [0.4, 0.5) is 5.69 Å². The highest BCUT2D eigenvalue weighted by Crippen LogP contribution is 2.38. The second kappa shape index (κ2) is 5.24. The van der Waals surface area contributed by atoms with Crippen LogP contribution in [0.1, 0.15) is 17.3 Å². The fourth-order valence-corrected chi connectivity index (χ4v) is 2.80. The van der Waals surface area contributed by atoms with Gasteiger partial charge in [-0.3, -0.25) is 0 Å². The smallest absolute Gasteiger partial charge is 0.377 e. The quantitative estimate of drug-likeness (QED) is 0.799. The molecular weight excluding hydrogens is 292 g/mol. The molecule has 4 rings (SSSR count). The number of hydrogen-bond acceptors (Lipinski definition) is 6. The van der Waals surface area contributed by atoms with E-state index in [1.54, 1.807) is 16.2 Å². The molecule has 0 aliphatic carbocycles. The monoisotopic (exact) mass is 306 g/mol. The standard InChI is InChI=1S/C17H14N4O2/c1-23-17(22)15-19-20(13-8-3-2-4-9-13)16-14-10-6-5-7-12(14)11-18-21(15)16/h2-11,16H,1H3. The number of carbonyl (C=O) groups is 1. The number of rotatable bonds is 2. The molecule has 0 bridgehead atoms. The Morgan fingerprint density at radius 2 is 1.78 bits per heavy atom. The van der Waals surface area contributed by atoms with E-state index in [2.05, 4.69) is 10.2 Å². The number of amidine groups is 1. The van der Waals surface area contributed by atoms with Crippen molar-refractivity contribution in [2.75, 3.05) is 12.1 Å². The number of hydrazone groups is 2. The van der Waals surface area contributed by atoms with Gasteiger partial charge in [-0.25, -0.2) is 14.8 Å². The molecule has 2 aromatic carbocycles. The summed E-state index contributed by atoms with van der Waals surface area (Å²) in [6.45, 7) is 0. The molecule has 0 amide bonds. The van der Waals surface area contributed by atoms with Gasteiger partial charge in [0.15, 0.2) is 6.17 Å². The summed E-state index contributed by atoms with van der Waals surface area (Å²) in [5.74, 6) is -0.336. The van der Waals surface area contributed by atoms with E-state index in [9.17, 15) is 4.79 Å². The third-order valence-corrected chi connectivity index (χ3v) is 3.87. The number of ether oxygens (including phenoxy) is 1. The summed E-state index contributed by atoms with van der Waals surface area (Å²) in [5.41, 5.74) is 2.93. The van der Waals surface area contributed by atoms with Crippen LogP contribution in [-0.2, 0) is 9.53 Å². The third-order valence-electron chi connectivity index (χ3n) is 3.87. The molecule has 23 heavy (non-hydrogen) atoms. The first-order valence-corrected chi connectivity index (χ1v) is 7.23. The van der Waals surface area contributed by atoms with Crippen LogP contribution in [0.15, 0.2) is 64.8 Å². The average Bonchev–Trinajstić information content (AvgIpc) is 3.02. The summed E-state index contributed by atoms with van der Waals surface area (Å²) >= 11 is 0. The third kappa shape index (κ3) is 2.07. The van der Waals surface area contributed by atoms with Crippen molar-refractivity contribution in [1.82, 2.24) is 5.01 Å². The van der Waals surface area contributed by atoms with Gasteiger partial charge in [0, 0.05) is 11.1 Å². The molecule has 2 heterocycles. The van der Waals surface area contributed by atoms with Crippen LogP contribution in [0.25, 0.3) is 0 Å². The van der Waals surface area contributed by atoms with Crippen LogP contribution in [0.2, 0.25) is 0 Å². The molecule has 2 aliphatic heterocycles. The van der Waals surface area contributed by atoms with Gasteiger partial charge in [0.25, 0.3) is 5.84 Å². The van der Waals surface area contributed by atoms with Gasteiger partial charge in [-0.15, -0.1) is 5.10 Å². The Kier molecular flexibility index (Phi) is 3.08. The minimum atomic E-state index is -0.509. The van der Waals surface area contributed by atoms with Crippen LogP contribution in [0.3, 0.4) is 0 Å². The minimum absolute atomic E-state index is 0.173. The summed E-state index contributed by atoms with van der Waals surface area (Å²) in [6, 6.07) is 17.6. The summed E-state index contributed by atoms with van der Waals surface area (Å²) in [7, 11) is 1.34. The predicted molar refractivity (Wildman–Crippen MR) is 87.0 cm³/mol. The Morgan fingerprint density at radius 3 is 2.57 bits per heavy atom. The molecule has 0 radical (unpaired) electrons. The van der Waals surface area contributed by atoms with Crippen molar-refractivity contribution in [1.29, 1.82) is 0 Å². The fraction of sp³-hybridized carbons (Fsp3) is 0.118. The SMILES string of the molecule is COC(=O)C1=NN(c2ccccc2)C2c3ccccc3C=NN12. The Bertz CT molecular complexity index is 816. The number of benzene rings is 2. The Hall–Kier alpha value is -3.15. The lowest BCUT2D eigenvalue weighted by atomic mass is 10.0. The van der Waals surface area contributed by atoms with Crippen molar-refractivity contribution in [3.8, 4) is 0 Å². The van der Waals surface area contributed by atoms with E-state index in [-0.39, 0.29) is 12.0 Å². The number of hydrogen-bond donors (Lipinski definition) is 0. The Morgan fingerprint density at radius 1 is 1.04 bits per heavy atom. The van der Waals surface area contributed by atoms with Gasteiger partial charge < -0.3 is 4.74 Å². The number of fused-ring (bicyclic) bond motifs is 3. The van der Waals surface area contributed by atoms with E-state index in [1.165, 1.54) is 7.11 Å². The fourth-order valence-electron chi connectivity index (χ4n) is 2.80. The number of esters is 1. The second-order valence-electron chi connectivity index (χ2n) is 5.19. The average molecular weight is 306 g/mol. The highest BCUT2D eigenvalue weighted by molar-refractivity contribution is 6.36. The lowest BCUT2D eigenvalue weighted by Gasteiger charge is -2.31. The van der Waals surface area contributed by atoms with Crippen molar-refractivity contribution in [2.24, 2.45) is 10.2 Å². The van der Waals surface area contributed by atoms with Gasteiger partial charge in [-0.1, -0.05) is 42.5 Å². The lowest BCUT2D eigenvalue weighted by Crippen LogP contribution is -2.37. The highest BCUT2D eigenvalue weighted by atomic mass is 16.5. The normalized spacial score (nSPS) is 18.3. The largest absolute Gasteiger partial charge is 0.463 e. The van der Waals surface area contributed by atoms with Gasteiger partial charge in [-0.05, 0) is 12.1 Å². The number of methoxy groups -OCH3 is 1. The van der Waals surface area contributed by atoms with Gasteiger partial charge in [0.1, 0.15) is 0 Å². The first-order chi connectivity index (χ1) is 11.3. The molecule has 0 spiro atoms. The molecule has 2 aromatic rings. The van der Waals surface area contributed by atoms with E-state index < -0.39 is 5.97 Å². The second-order valence-corrected chi connectivity index (χ2v) is 5.19. The van der Waals surface area contributed by atoms with Gasteiger partial charge in [0.2, 0.25) is 0 Å². The molecule has 0 saturated heterocycles. The molecule has 114 valence electrons. The van der Waals surface area contributed by atoms with Gasteiger partial charge in [-0.2, -0.15) is 5.10 Å². The van der Waals surface area contributed by atoms with Crippen molar-refractivity contribution < 1.29 is 9.53 Å². The molecule has 6 nitrogen and oxygen atoms in total. The Balaban J connectivity index is 1.86. The van der Waals surface area contributed by atoms with Gasteiger partial charge >= 0.3 is 5.97 Å². The lowest BCUT2D eigenvalue weighted by molar-refractivity contribution is -0.133. The van der Waals surface area contributed by atoms with E-state index in [4.69, 9.17) is 4.74 Å². The van der Waals surface area contributed by atoms with Gasteiger partial charge in [0.05, 0.1) is 19.0 Å². The van der Waals surface area contributed by atoms with E-state index >= 15 is 0 Å². The molecule has 0 fully saturated rings. The minimum Gasteiger partial charge on any atom is -0.463 e. The molecule has 2 aliphatic rings. The molecule has 1 atom stereocenters. The van der Waals surface area contributed by atoms with Crippen LogP contribution in [0, 0.1) is 0 Å². The van der Waals surface area contributed by atoms with Crippen LogP contribution in [0.5, 0.6) is 0 Å². The summed E-state index contributed by atoms with van der Waals surface area (Å²) in [6.07, 6.45) is 1.44. The number of anilines is 1. The summed E-state index contributed by atoms with van der Waals surface area (Å²) in [5, 5.41) is 12.2. The summed E-state index contributed by atoms with van der Waals surface area (Å²) < 4.78 is 4.84. The maximum absolute atomic E-state index is 12.1. The summed E-state index contributed by atoms with van der Waals surface area (Å²) in [4.78, 5) is 12.1. The number of nitrogens with zero attached hydrogens (tertiary/aromatic N) is 4. The molecule has 0 saturated carbocycles. The van der Waals surface area contributed by atoms with Crippen LogP contribution < -0.4 is 5.01 Å². The van der Waals surface area contributed by atoms with Crippen molar-refractivity contribution in [3.05, 3.63) is 65.7 Å². The number of carbonyl (C=O) groups excluding carboxylic acids is 1. The van der Waals surface area contributed by atoms with E-state index in [1.807, 2.05) is 54.6 Å². The highest BCUT2D eigenvalue weighted by Gasteiger charge is 2.42. The van der Waals surface area contributed by atoms with Crippen LogP contribution in [-0.4, -0.2) is 30.1 Å². The maximum atomic E-state index is 12.1. The van der Waals surface area contributed by atoms with E-state index in [0.29, 0.717) is 0 Å². The first kappa shape index (κ1) is 13.5. The molecule has 0 N–H and O–H groups in total. The maximum Gasteiger partial charge on any atom is 0.377 e. The predicted octanol–water partition coefficient (Wildman–Crippen LogP) is 2.34. The van der Waals surface area contributed by atoms with Crippen molar-refractivity contribution in [2.45, 2.75) is 6.17 Å². The van der Waals surface area contributed by atoms with Crippen LogP contribution >= 0.6 is 0 Å². The van der Waals surface area contributed by atoms with Crippen molar-refractivity contribution in [3.63, 3.8) is 0 Å².